The van der Waals surface area contributed by atoms with Crippen molar-refractivity contribution in [3.63, 3.8) is 0 Å². The van der Waals surface area contributed by atoms with Crippen LogP contribution in [0.2, 0.25) is 0 Å². The number of ether oxygens (including phenoxy) is 2. The van der Waals surface area contributed by atoms with E-state index in [1.54, 1.807) is 0 Å². The number of hydrogen-bond acceptors (Lipinski definition) is 4. The number of fused-ring (bicyclic) bond motifs is 3. The number of benzene rings is 2. The van der Waals surface area contributed by atoms with Crippen LogP contribution < -0.4 is 10.1 Å². The van der Waals surface area contributed by atoms with E-state index in [0.717, 1.165) is 44.5 Å². The molecule has 2 aromatic heterocycles. The van der Waals surface area contributed by atoms with E-state index in [4.69, 9.17) is 9.47 Å². The number of piperidine rings is 1. The minimum absolute atomic E-state index is 0.272. The number of nitrogens with zero attached hydrogens (tertiary/aromatic N) is 2. The van der Waals surface area contributed by atoms with E-state index in [-0.39, 0.29) is 6.10 Å². The highest BCUT2D eigenvalue weighted by molar-refractivity contribution is 6.08. The maximum atomic E-state index is 6.21. The summed E-state index contributed by atoms with van der Waals surface area (Å²) in [4.78, 5) is 4.30. The predicted octanol–water partition coefficient (Wildman–Crippen LogP) is 5.07. The second-order valence-electron chi connectivity index (χ2n) is 9.13. The van der Waals surface area contributed by atoms with Gasteiger partial charge in [0.25, 0.3) is 0 Å². The Kier molecular flexibility index (Phi) is 5.08. The van der Waals surface area contributed by atoms with Gasteiger partial charge in [0.1, 0.15) is 11.9 Å². The first kappa shape index (κ1) is 19.8. The van der Waals surface area contributed by atoms with Gasteiger partial charge in [0.15, 0.2) is 0 Å². The molecule has 2 aliphatic rings. The van der Waals surface area contributed by atoms with Gasteiger partial charge in [-0.05, 0) is 61.3 Å². The quantitative estimate of drug-likeness (QED) is 0.483. The molecule has 0 atom stereocenters. The molecule has 0 radical (unpaired) electrons. The van der Waals surface area contributed by atoms with Crippen LogP contribution in [0.15, 0.2) is 60.9 Å². The van der Waals surface area contributed by atoms with Crippen molar-refractivity contribution in [2.24, 2.45) is 7.05 Å². The lowest BCUT2D eigenvalue weighted by Crippen LogP contribution is -2.43. The maximum Gasteiger partial charge on any atom is 0.119 e. The molecule has 4 aromatic rings. The van der Waals surface area contributed by atoms with E-state index in [9.17, 15) is 0 Å². The van der Waals surface area contributed by atoms with E-state index in [1.807, 2.05) is 12.4 Å². The van der Waals surface area contributed by atoms with Gasteiger partial charge in [-0.2, -0.15) is 0 Å². The largest absolute Gasteiger partial charge is 0.490 e. The van der Waals surface area contributed by atoms with Crippen molar-refractivity contribution in [3.05, 3.63) is 60.9 Å². The summed E-state index contributed by atoms with van der Waals surface area (Å²) in [6, 6.07) is 17.2. The fourth-order valence-corrected chi connectivity index (χ4v) is 5.08. The Hall–Kier alpha value is -2.89. The highest BCUT2D eigenvalue weighted by atomic mass is 16.5. The molecule has 2 fully saturated rings. The van der Waals surface area contributed by atoms with Crippen molar-refractivity contribution in [2.75, 3.05) is 13.1 Å². The van der Waals surface area contributed by atoms with E-state index in [2.05, 4.69) is 70.4 Å². The number of nitrogens with one attached hydrogen (secondary N) is 1. The first-order chi connectivity index (χ1) is 15.7. The summed E-state index contributed by atoms with van der Waals surface area (Å²) in [5, 5.41) is 5.83. The number of aryl methyl sites for hydroxylation is 1. The minimum Gasteiger partial charge on any atom is -0.490 e. The van der Waals surface area contributed by atoms with Crippen LogP contribution in [0, 0.1) is 0 Å². The molecule has 3 heterocycles. The van der Waals surface area contributed by atoms with E-state index < -0.39 is 0 Å². The van der Waals surface area contributed by atoms with Gasteiger partial charge in [0, 0.05) is 48.6 Å². The lowest BCUT2D eigenvalue weighted by Gasteiger charge is -2.38. The highest BCUT2D eigenvalue weighted by Gasteiger charge is 2.33. The van der Waals surface area contributed by atoms with Gasteiger partial charge in [-0.15, -0.1) is 0 Å². The minimum atomic E-state index is 0.272. The first-order valence-electron chi connectivity index (χ1n) is 11.7. The molecule has 0 unspecified atom stereocenters. The molecular weight excluding hydrogens is 398 g/mol. The fraction of sp³-hybridized carbons (Fsp3) is 0.370. The molecule has 164 valence electrons. The third-order valence-corrected chi connectivity index (χ3v) is 7.02. The molecule has 5 nitrogen and oxygen atoms in total. The second kappa shape index (κ2) is 8.23. The molecule has 1 N–H and O–H groups in total. The lowest BCUT2D eigenvalue weighted by molar-refractivity contribution is -0.103. The third kappa shape index (κ3) is 3.65. The molecule has 0 amide bonds. The summed E-state index contributed by atoms with van der Waals surface area (Å²) >= 11 is 0. The average molecular weight is 428 g/mol. The van der Waals surface area contributed by atoms with Gasteiger partial charge in [-0.25, -0.2) is 0 Å². The predicted molar refractivity (Wildman–Crippen MR) is 128 cm³/mol. The molecule has 1 aliphatic carbocycles. The Morgan fingerprint density at radius 3 is 2.44 bits per heavy atom. The monoisotopic (exact) mass is 427 g/mol. The van der Waals surface area contributed by atoms with Crippen molar-refractivity contribution >= 4 is 21.8 Å². The van der Waals surface area contributed by atoms with Crippen molar-refractivity contribution in [1.29, 1.82) is 0 Å². The fourth-order valence-electron chi connectivity index (χ4n) is 5.08. The number of pyridine rings is 1. The van der Waals surface area contributed by atoms with Gasteiger partial charge in [-0.1, -0.05) is 24.3 Å². The van der Waals surface area contributed by atoms with Crippen molar-refractivity contribution in [1.82, 2.24) is 14.9 Å². The Morgan fingerprint density at radius 1 is 0.844 bits per heavy atom. The van der Waals surface area contributed by atoms with Crippen LogP contribution in [0.25, 0.3) is 32.9 Å². The molecule has 1 saturated heterocycles. The van der Waals surface area contributed by atoms with Crippen molar-refractivity contribution in [2.45, 2.75) is 44.0 Å². The first-order valence-corrected chi connectivity index (χ1v) is 11.7. The molecule has 5 heteroatoms. The average Bonchev–Trinajstić information content (AvgIpc) is 3.10. The summed E-state index contributed by atoms with van der Waals surface area (Å²) in [6.45, 7) is 2.16. The topological polar surface area (TPSA) is 48.3 Å². The number of aromatic nitrogens is 2. The second-order valence-corrected chi connectivity index (χ2v) is 9.13. The standard InChI is InChI=1S/C27H29N3O2/c1-30-26-10-13-29-17-25(26)24-7-4-19(14-27(24)30)18-2-5-20(6-3-18)31-22-15-23(16-22)32-21-8-11-28-12-9-21/h2-7,10,13-14,17,21-23,28H,8-9,11-12,15-16H2,1H3. The van der Waals surface area contributed by atoms with Gasteiger partial charge in [-0.3, -0.25) is 4.98 Å². The van der Waals surface area contributed by atoms with Crippen molar-refractivity contribution < 1.29 is 9.47 Å². The van der Waals surface area contributed by atoms with Gasteiger partial charge in [0.2, 0.25) is 0 Å². The Labute approximate surface area is 188 Å². The molecule has 2 aromatic carbocycles. The molecule has 0 bridgehead atoms. The Morgan fingerprint density at radius 2 is 1.62 bits per heavy atom. The van der Waals surface area contributed by atoms with E-state index >= 15 is 0 Å². The van der Waals surface area contributed by atoms with Crippen LogP contribution in [0.4, 0.5) is 0 Å². The van der Waals surface area contributed by atoms with Crippen LogP contribution >= 0.6 is 0 Å². The lowest BCUT2D eigenvalue weighted by atomic mass is 9.91. The molecule has 1 aliphatic heterocycles. The summed E-state index contributed by atoms with van der Waals surface area (Å²) < 4.78 is 14.6. The zero-order valence-electron chi connectivity index (χ0n) is 18.5. The Bertz CT molecular complexity index is 1240. The smallest absolute Gasteiger partial charge is 0.119 e. The van der Waals surface area contributed by atoms with Crippen LogP contribution in [0.3, 0.4) is 0 Å². The van der Waals surface area contributed by atoms with E-state index in [1.165, 1.54) is 32.9 Å². The molecule has 32 heavy (non-hydrogen) atoms. The number of hydrogen-bond donors (Lipinski definition) is 1. The third-order valence-electron chi connectivity index (χ3n) is 7.02. The Balaban J connectivity index is 1.12. The summed E-state index contributed by atoms with van der Waals surface area (Å²) in [5.74, 6) is 0.941. The van der Waals surface area contributed by atoms with E-state index in [0.29, 0.717) is 12.2 Å². The summed E-state index contributed by atoms with van der Waals surface area (Å²) in [5.41, 5.74) is 4.84. The van der Waals surface area contributed by atoms with Gasteiger partial charge >= 0.3 is 0 Å². The van der Waals surface area contributed by atoms with Crippen LogP contribution in [0.5, 0.6) is 5.75 Å². The zero-order chi connectivity index (χ0) is 21.5. The SMILES string of the molecule is Cn1c2ccncc2c2ccc(-c3ccc(OC4CC(OC5CCNCC5)C4)cc3)cc21. The van der Waals surface area contributed by atoms with Crippen LogP contribution in [-0.2, 0) is 11.8 Å². The summed E-state index contributed by atoms with van der Waals surface area (Å²) in [6.07, 6.45) is 9.12. The molecule has 0 spiro atoms. The maximum absolute atomic E-state index is 6.21. The molecule has 6 rings (SSSR count). The number of rotatable bonds is 5. The summed E-state index contributed by atoms with van der Waals surface area (Å²) in [7, 11) is 2.12. The molecular formula is C27H29N3O2. The van der Waals surface area contributed by atoms with Gasteiger partial charge in [0.05, 0.1) is 17.7 Å². The van der Waals surface area contributed by atoms with Crippen LogP contribution in [-0.4, -0.2) is 41.0 Å². The zero-order valence-corrected chi connectivity index (χ0v) is 18.5. The normalized spacial score (nSPS) is 21.7. The molecule has 1 saturated carbocycles. The van der Waals surface area contributed by atoms with Crippen LogP contribution in [0.1, 0.15) is 25.7 Å². The highest BCUT2D eigenvalue weighted by Crippen LogP contribution is 2.33. The van der Waals surface area contributed by atoms with Gasteiger partial charge < -0.3 is 19.4 Å². The van der Waals surface area contributed by atoms with Crippen molar-refractivity contribution in [3.8, 4) is 16.9 Å².